The number of urea groups is 1. The first-order valence-corrected chi connectivity index (χ1v) is 8.03. The Kier molecular flexibility index (Phi) is 3.89. The molecule has 1 atom stereocenters. The summed E-state index contributed by atoms with van der Waals surface area (Å²) in [7, 11) is 0. The van der Waals surface area contributed by atoms with Gasteiger partial charge in [0.1, 0.15) is 19.3 Å². The molecule has 0 bridgehead atoms. The molecule has 0 saturated heterocycles. The van der Waals surface area contributed by atoms with Crippen LogP contribution in [0.2, 0.25) is 0 Å². The maximum absolute atomic E-state index is 12.2. The van der Waals surface area contributed by atoms with E-state index in [0.29, 0.717) is 31.3 Å². The number of para-hydroxylation sites is 1. The zero-order chi connectivity index (χ0) is 17.2. The van der Waals surface area contributed by atoms with Crippen molar-refractivity contribution >= 4 is 17.6 Å². The molecule has 1 unspecified atom stereocenters. The number of hydrogen-bond donors (Lipinski definition) is 3. The molecule has 128 valence electrons. The average Bonchev–Trinajstić information content (AvgIpc) is 2.95. The maximum Gasteiger partial charge on any atom is 0.315 e. The van der Waals surface area contributed by atoms with Gasteiger partial charge in [-0.2, -0.15) is 0 Å². The normalized spacial score (nSPS) is 17.4. The van der Waals surface area contributed by atoms with E-state index in [2.05, 4.69) is 16.0 Å². The first kappa shape index (κ1) is 15.3. The molecule has 25 heavy (non-hydrogen) atoms. The SMILES string of the molecule is O=C(NCc1ccc2c(c1)OCCO2)NC1C(=O)Nc2ccccc21. The van der Waals surface area contributed by atoms with Crippen molar-refractivity contribution in [3.05, 3.63) is 53.6 Å². The Bertz CT molecular complexity index is 837. The molecule has 2 aliphatic heterocycles. The van der Waals surface area contributed by atoms with E-state index < -0.39 is 12.1 Å². The van der Waals surface area contributed by atoms with Crippen LogP contribution in [-0.2, 0) is 11.3 Å². The van der Waals surface area contributed by atoms with E-state index in [1.807, 2.05) is 42.5 Å². The fourth-order valence-corrected chi connectivity index (χ4v) is 2.91. The molecule has 0 saturated carbocycles. The van der Waals surface area contributed by atoms with Gasteiger partial charge in [0.15, 0.2) is 11.5 Å². The number of benzene rings is 2. The van der Waals surface area contributed by atoms with Crippen molar-refractivity contribution in [2.24, 2.45) is 0 Å². The molecule has 4 rings (SSSR count). The number of nitrogens with one attached hydrogen (secondary N) is 3. The molecule has 0 aliphatic carbocycles. The summed E-state index contributed by atoms with van der Waals surface area (Å²) in [6.07, 6.45) is 0. The Balaban J connectivity index is 1.38. The van der Waals surface area contributed by atoms with Crippen molar-refractivity contribution in [1.82, 2.24) is 10.6 Å². The van der Waals surface area contributed by atoms with Gasteiger partial charge in [-0.15, -0.1) is 0 Å². The van der Waals surface area contributed by atoms with E-state index in [1.165, 1.54) is 0 Å². The van der Waals surface area contributed by atoms with Gasteiger partial charge < -0.3 is 25.4 Å². The minimum atomic E-state index is -0.684. The van der Waals surface area contributed by atoms with Gasteiger partial charge in [-0.3, -0.25) is 4.79 Å². The first-order valence-electron chi connectivity index (χ1n) is 8.03. The average molecular weight is 339 g/mol. The highest BCUT2D eigenvalue weighted by Crippen LogP contribution is 2.31. The molecule has 7 heteroatoms. The van der Waals surface area contributed by atoms with E-state index in [0.717, 1.165) is 16.8 Å². The number of fused-ring (bicyclic) bond motifs is 2. The number of carbonyl (C=O) groups excluding carboxylic acids is 2. The van der Waals surface area contributed by atoms with Crippen LogP contribution in [0.3, 0.4) is 0 Å². The first-order chi connectivity index (χ1) is 12.2. The van der Waals surface area contributed by atoms with Gasteiger partial charge in [-0.05, 0) is 23.8 Å². The standard InChI is InChI=1S/C18H17N3O4/c22-17-16(12-3-1-2-4-13(12)20-17)21-18(23)19-10-11-5-6-14-15(9-11)25-8-7-24-14/h1-6,9,16H,7-8,10H2,(H,20,22)(H2,19,21,23). The lowest BCUT2D eigenvalue weighted by molar-refractivity contribution is -0.117. The van der Waals surface area contributed by atoms with Crippen LogP contribution in [0.5, 0.6) is 11.5 Å². The Morgan fingerprint density at radius 3 is 2.80 bits per heavy atom. The summed E-state index contributed by atoms with van der Waals surface area (Å²) in [6.45, 7) is 1.37. The summed E-state index contributed by atoms with van der Waals surface area (Å²) < 4.78 is 11.0. The minimum absolute atomic E-state index is 0.240. The molecule has 0 aromatic heterocycles. The lowest BCUT2D eigenvalue weighted by Gasteiger charge is -2.19. The van der Waals surface area contributed by atoms with E-state index in [9.17, 15) is 9.59 Å². The van der Waals surface area contributed by atoms with Gasteiger partial charge in [-0.1, -0.05) is 24.3 Å². The van der Waals surface area contributed by atoms with Crippen LogP contribution in [-0.4, -0.2) is 25.2 Å². The highest BCUT2D eigenvalue weighted by atomic mass is 16.6. The number of ether oxygens (including phenoxy) is 2. The molecule has 2 aromatic rings. The van der Waals surface area contributed by atoms with E-state index >= 15 is 0 Å². The number of anilines is 1. The van der Waals surface area contributed by atoms with Crippen LogP contribution in [0.4, 0.5) is 10.5 Å². The van der Waals surface area contributed by atoms with Crippen LogP contribution in [0.1, 0.15) is 17.2 Å². The van der Waals surface area contributed by atoms with E-state index in [1.54, 1.807) is 0 Å². The second-order valence-electron chi connectivity index (χ2n) is 5.81. The molecular formula is C18H17N3O4. The molecule has 2 aliphatic rings. The number of rotatable bonds is 3. The molecule has 3 amide bonds. The van der Waals surface area contributed by atoms with Crippen LogP contribution in [0, 0.1) is 0 Å². The van der Waals surface area contributed by atoms with Crippen molar-refractivity contribution < 1.29 is 19.1 Å². The molecule has 3 N–H and O–H groups in total. The molecule has 0 radical (unpaired) electrons. The van der Waals surface area contributed by atoms with Crippen LogP contribution < -0.4 is 25.4 Å². The predicted molar refractivity (Wildman–Crippen MR) is 90.6 cm³/mol. The molecule has 7 nitrogen and oxygen atoms in total. The third kappa shape index (κ3) is 3.08. The van der Waals surface area contributed by atoms with Crippen molar-refractivity contribution in [3.8, 4) is 11.5 Å². The van der Waals surface area contributed by atoms with Crippen LogP contribution >= 0.6 is 0 Å². The van der Waals surface area contributed by atoms with Gasteiger partial charge in [0.25, 0.3) is 5.91 Å². The Labute approximate surface area is 144 Å². The number of amides is 3. The number of carbonyl (C=O) groups is 2. The maximum atomic E-state index is 12.2. The largest absolute Gasteiger partial charge is 0.486 e. The summed E-state index contributed by atoms with van der Waals surface area (Å²) in [5.41, 5.74) is 2.38. The molecule has 0 fully saturated rings. The Morgan fingerprint density at radius 1 is 1.12 bits per heavy atom. The fraction of sp³-hybridized carbons (Fsp3) is 0.222. The lowest BCUT2D eigenvalue weighted by Crippen LogP contribution is -2.40. The van der Waals surface area contributed by atoms with Crippen molar-refractivity contribution in [2.45, 2.75) is 12.6 Å². The molecule has 2 aromatic carbocycles. The smallest absolute Gasteiger partial charge is 0.315 e. The molecule has 2 heterocycles. The highest BCUT2D eigenvalue weighted by molar-refractivity contribution is 6.04. The minimum Gasteiger partial charge on any atom is -0.486 e. The lowest BCUT2D eigenvalue weighted by atomic mass is 10.1. The second-order valence-corrected chi connectivity index (χ2v) is 5.81. The van der Waals surface area contributed by atoms with Crippen molar-refractivity contribution in [3.63, 3.8) is 0 Å². The van der Waals surface area contributed by atoms with Crippen LogP contribution in [0.25, 0.3) is 0 Å². The van der Waals surface area contributed by atoms with Gasteiger partial charge in [0, 0.05) is 17.8 Å². The quantitative estimate of drug-likeness (QED) is 0.797. The zero-order valence-electron chi connectivity index (χ0n) is 13.4. The van der Waals surface area contributed by atoms with Crippen molar-refractivity contribution in [1.29, 1.82) is 0 Å². The predicted octanol–water partition coefficient (Wildman–Crippen LogP) is 1.95. The van der Waals surface area contributed by atoms with Gasteiger partial charge in [-0.25, -0.2) is 4.79 Å². The van der Waals surface area contributed by atoms with Gasteiger partial charge >= 0.3 is 6.03 Å². The Hall–Kier alpha value is -3.22. The molecular weight excluding hydrogens is 322 g/mol. The Morgan fingerprint density at radius 2 is 1.92 bits per heavy atom. The monoisotopic (exact) mass is 339 g/mol. The summed E-state index contributed by atoms with van der Waals surface area (Å²) in [5.74, 6) is 1.14. The van der Waals surface area contributed by atoms with Gasteiger partial charge in [0.05, 0.1) is 0 Å². The molecule has 0 spiro atoms. The zero-order valence-corrected chi connectivity index (χ0v) is 13.4. The summed E-state index contributed by atoms with van der Waals surface area (Å²) >= 11 is 0. The topological polar surface area (TPSA) is 88.7 Å². The van der Waals surface area contributed by atoms with Gasteiger partial charge in [0.2, 0.25) is 0 Å². The summed E-state index contributed by atoms with van der Waals surface area (Å²) in [4.78, 5) is 24.2. The summed E-state index contributed by atoms with van der Waals surface area (Å²) in [5, 5.41) is 8.21. The van der Waals surface area contributed by atoms with E-state index in [-0.39, 0.29) is 5.91 Å². The third-order valence-electron chi connectivity index (χ3n) is 4.13. The highest BCUT2D eigenvalue weighted by Gasteiger charge is 2.31. The second kappa shape index (κ2) is 6.35. The van der Waals surface area contributed by atoms with E-state index in [4.69, 9.17) is 9.47 Å². The number of hydrogen-bond acceptors (Lipinski definition) is 4. The summed E-state index contributed by atoms with van der Waals surface area (Å²) in [6, 6.07) is 11.7. The van der Waals surface area contributed by atoms with Crippen molar-refractivity contribution in [2.75, 3.05) is 18.5 Å². The fourth-order valence-electron chi connectivity index (χ4n) is 2.91. The van der Waals surface area contributed by atoms with Crippen LogP contribution in [0.15, 0.2) is 42.5 Å². The third-order valence-corrected chi connectivity index (χ3v) is 4.13.